The summed E-state index contributed by atoms with van der Waals surface area (Å²) in [7, 11) is 0. The van der Waals surface area contributed by atoms with Gasteiger partial charge in [0.2, 0.25) is 0 Å². The molecule has 2 heterocycles. The van der Waals surface area contributed by atoms with Gasteiger partial charge < -0.3 is 10.1 Å². The van der Waals surface area contributed by atoms with Crippen LogP contribution in [0, 0.1) is 6.92 Å². The molecule has 0 spiro atoms. The molecule has 5 heteroatoms. The van der Waals surface area contributed by atoms with E-state index in [1.807, 2.05) is 0 Å². The van der Waals surface area contributed by atoms with Gasteiger partial charge in [-0.15, -0.1) is 23.7 Å². The summed E-state index contributed by atoms with van der Waals surface area (Å²) in [5.74, 6) is 0. The Hall–Kier alpha value is -0.940. The van der Waals surface area contributed by atoms with Crippen LogP contribution < -0.4 is 5.32 Å². The zero-order chi connectivity index (χ0) is 13.9. The van der Waals surface area contributed by atoms with Crippen molar-refractivity contribution in [3.05, 3.63) is 39.7 Å². The number of morpholine rings is 1. The molecule has 1 aliphatic heterocycles. The molecule has 0 aliphatic carbocycles. The van der Waals surface area contributed by atoms with E-state index >= 15 is 0 Å². The van der Waals surface area contributed by atoms with Gasteiger partial charge in [-0.2, -0.15) is 0 Å². The molecule has 21 heavy (non-hydrogen) atoms. The molecule has 1 aromatic carbocycles. The van der Waals surface area contributed by atoms with Crippen molar-refractivity contribution in [2.45, 2.75) is 26.3 Å². The van der Waals surface area contributed by atoms with Crippen molar-refractivity contribution < 1.29 is 4.74 Å². The molecule has 3 nitrogen and oxygen atoms in total. The lowest BCUT2D eigenvalue weighted by atomic mass is 10.1. The Bertz CT molecular complexity index is 576. The second-order valence-corrected chi connectivity index (χ2v) is 6.32. The minimum atomic E-state index is 0. The molecule has 0 bridgehead atoms. The van der Waals surface area contributed by atoms with Crippen LogP contribution in [-0.4, -0.2) is 24.7 Å². The van der Waals surface area contributed by atoms with E-state index in [1.165, 1.54) is 16.0 Å². The monoisotopic (exact) mass is 324 g/mol. The summed E-state index contributed by atoms with van der Waals surface area (Å²) in [6.45, 7) is 6.75. The maximum atomic E-state index is 5.53. The molecule has 0 radical (unpaired) electrons. The minimum absolute atomic E-state index is 0. The van der Waals surface area contributed by atoms with Gasteiger partial charge in [-0.3, -0.25) is 0 Å². The summed E-state index contributed by atoms with van der Waals surface area (Å²) in [5, 5.41) is 4.60. The first kappa shape index (κ1) is 16.4. The number of aromatic nitrogens is 1. The Morgan fingerprint density at radius 1 is 1.33 bits per heavy atom. The number of rotatable bonds is 3. The zero-order valence-electron chi connectivity index (χ0n) is 12.4. The Labute approximate surface area is 136 Å². The molecular weight excluding hydrogens is 304 g/mol. The summed E-state index contributed by atoms with van der Waals surface area (Å²) in [6, 6.07) is 8.98. The standard InChI is InChI=1S/C16H20N2OS.ClH/c1-3-12-4-6-13(7-5-12)15-11(2)20-16(18-15)14-10-19-9-8-17-14;/h4-7,14,17H,3,8-10H2,1-2H3;1H. The molecule has 1 atom stereocenters. The van der Waals surface area contributed by atoms with Crippen molar-refractivity contribution in [2.24, 2.45) is 0 Å². The van der Waals surface area contributed by atoms with Crippen molar-refractivity contribution >= 4 is 23.7 Å². The second-order valence-electron chi connectivity index (χ2n) is 5.09. The van der Waals surface area contributed by atoms with Gasteiger partial charge in [0.15, 0.2) is 0 Å². The highest BCUT2D eigenvalue weighted by Crippen LogP contribution is 2.31. The molecule has 114 valence electrons. The quantitative estimate of drug-likeness (QED) is 0.933. The highest BCUT2D eigenvalue weighted by Gasteiger charge is 2.20. The van der Waals surface area contributed by atoms with Crippen molar-refractivity contribution in [2.75, 3.05) is 19.8 Å². The predicted molar refractivity (Wildman–Crippen MR) is 90.5 cm³/mol. The van der Waals surface area contributed by atoms with E-state index in [0.717, 1.165) is 36.9 Å². The summed E-state index contributed by atoms with van der Waals surface area (Å²) >= 11 is 1.77. The van der Waals surface area contributed by atoms with Crippen LogP contribution in [0.2, 0.25) is 0 Å². The third kappa shape index (κ3) is 3.64. The van der Waals surface area contributed by atoms with Crippen LogP contribution >= 0.6 is 23.7 Å². The van der Waals surface area contributed by atoms with Crippen molar-refractivity contribution in [1.82, 2.24) is 10.3 Å². The molecule has 0 saturated carbocycles. The van der Waals surface area contributed by atoms with E-state index in [4.69, 9.17) is 9.72 Å². The molecule has 3 rings (SSSR count). The van der Waals surface area contributed by atoms with Crippen molar-refractivity contribution in [1.29, 1.82) is 0 Å². The predicted octanol–water partition coefficient (Wildman–Crippen LogP) is 3.76. The van der Waals surface area contributed by atoms with E-state index in [0.29, 0.717) is 0 Å². The highest BCUT2D eigenvalue weighted by atomic mass is 35.5. The van der Waals surface area contributed by atoms with E-state index in [1.54, 1.807) is 11.3 Å². The molecule has 1 aliphatic rings. The number of nitrogens with zero attached hydrogens (tertiary/aromatic N) is 1. The molecule has 1 aromatic heterocycles. The fourth-order valence-electron chi connectivity index (χ4n) is 2.46. The van der Waals surface area contributed by atoms with Crippen LogP contribution in [-0.2, 0) is 11.2 Å². The third-order valence-electron chi connectivity index (χ3n) is 3.67. The van der Waals surface area contributed by atoms with Gasteiger partial charge in [0.25, 0.3) is 0 Å². The van der Waals surface area contributed by atoms with Crippen LogP contribution in [0.3, 0.4) is 0 Å². The summed E-state index contributed by atoms with van der Waals surface area (Å²) in [6.07, 6.45) is 1.07. The van der Waals surface area contributed by atoms with E-state index in [-0.39, 0.29) is 18.4 Å². The molecule has 2 aromatic rings. The summed E-state index contributed by atoms with van der Waals surface area (Å²) in [4.78, 5) is 6.11. The van der Waals surface area contributed by atoms with Crippen LogP contribution in [0.25, 0.3) is 11.3 Å². The number of thiazole rings is 1. The number of benzene rings is 1. The molecule has 1 fully saturated rings. The first-order valence-electron chi connectivity index (χ1n) is 7.15. The Kier molecular flexibility index (Phi) is 5.76. The summed E-state index contributed by atoms with van der Waals surface area (Å²) < 4.78 is 5.53. The normalized spacial score (nSPS) is 18.3. The second kappa shape index (κ2) is 7.36. The van der Waals surface area contributed by atoms with Gasteiger partial charge in [-0.05, 0) is 18.9 Å². The topological polar surface area (TPSA) is 34.1 Å². The maximum Gasteiger partial charge on any atom is 0.113 e. The zero-order valence-corrected chi connectivity index (χ0v) is 14.0. The van der Waals surface area contributed by atoms with Gasteiger partial charge in [-0.25, -0.2) is 4.98 Å². The third-order valence-corrected chi connectivity index (χ3v) is 4.75. The smallest absolute Gasteiger partial charge is 0.113 e. The lowest BCUT2D eigenvalue weighted by molar-refractivity contribution is 0.0768. The number of aryl methyl sites for hydroxylation is 2. The Balaban J connectivity index is 0.00000161. The van der Waals surface area contributed by atoms with E-state index < -0.39 is 0 Å². The van der Waals surface area contributed by atoms with Gasteiger partial charge in [0.05, 0.1) is 24.9 Å². The molecule has 1 unspecified atom stereocenters. The highest BCUT2D eigenvalue weighted by molar-refractivity contribution is 7.12. The Morgan fingerprint density at radius 3 is 2.71 bits per heavy atom. The van der Waals surface area contributed by atoms with Crippen LogP contribution in [0.15, 0.2) is 24.3 Å². The van der Waals surface area contributed by atoms with Gasteiger partial charge in [0, 0.05) is 17.0 Å². The average Bonchev–Trinajstić information content (AvgIpc) is 2.90. The average molecular weight is 325 g/mol. The van der Waals surface area contributed by atoms with Gasteiger partial charge >= 0.3 is 0 Å². The van der Waals surface area contributed by atoms with Crippen molar-refractivity contribution in [3.8, 4) is 11.3 Å². The van der Waals surface area contributed by atoms with Crippen LogP contribution in [0.5, 0.6) is 0 Å². The largest absolute Gasteiger partial charge is 0.378 e. The fraction of sp³-hybridized carbons (Fsp3) is 0.438. The van der Waals surface area contributed by atoms with Crippen molar-refractivity contribution in [3.63, 3.8) is 0 Å². The number of ether oxygens (including phenoxy) is 1. The number of hydrogen-bond acceptors (Lipinski definition) is 4. The lowest BCUT2D eigenvalue weighted by Crippen LogP contribution is -2.34. The summed E-state index contributed by atoms with van der Waals surface area (Å²) in [5.41, 5.74) is 3.68. The first-order chi connectivity index (χ1) is 9.78. The van der Waals surface area contributed by atoms with Gasteiger partial charge in [0.1, 0.15) is 5.01 Å². The van der Waals surface area contributed by atoms with Crippen LogP contribution in [0.4, 0.5) is 0 Å². The number of nitrogens with one attached hydrogen (secondary N) is 1. The molecule has 0 amide bonds. The molecular formula is C16H21ClN2OS. The fourth-order valence-corrected chi connectivity index (χ4v) is 3.46. The van der Waals surface area contributed by atoms with Gasteiger partial charge in [-0.1, -0.05) is 31.2 Å². The van der Waals surface area contributed by atoms with E-state index in [9.17, 15) is 0 Å². The van der Waals surface area contributed by atoms with Crippen LogP contribution in [0.1, 0.15) is 28.4 Å². The SMILES string of the molecule is CCc1ccc(-c2nc(C3COCCN3)sc2C)cc1.Cl. The number of hydrogen-bond donors (Lipinski definition) is 1. The minimum Gasteiger partial charge on any atom is -0.378 e. The maximum absolute atomic E-state index is 5.53. The first-order valence-corrected chi connectivity index (χ1v) is 7.97. The Morgan fingerprint density at radius 2 is 2.10 bits per heavy atom. The lowest BCUT2D eigenvalue weighted by Gasteiger charge is -2.21. The number of halogens is 1. The van der Waals surface area contributed by atoms with E-state index in [2.05, 4.69) is 43.4 Å². The molecule has 1 N–H and O–H groups in total. The molecule has 1 saturated heterocycles.